The van der Waals surface area contributed by atoms with Crippen molar-refractivity contribution >= 4 is 17.4 Å². The first-order valence-corrected chi connectivity index (χ1v) is 8.24. The predicted octanol–water partition coefficient (Wildman–Crippen LogP) is 5.65. The van der Waals surface area contributed by atoms with Crippen molar-refractivity contribution in [1.29, 1.82) is 0 Å². The van der Waals surface area contributed by atoms with Gasteiger partial charge in [-0.25, -0.2) is 0 Å². The average molecular weight is 313 g/mol. The van der Waals surface area contributed by atoms with Crippen LogP contribution in [0.3, 0.4) is 0 Å². The summed E-state index contributed by atoms with van der Waals surface area (Å²) in [6.45, 7) is 1.82. The minimum atomic E-state index is -4.31. The number of para-hydroxylation sites is 1. The lowest BCUT2D eigenvalue weighted by atomic mass is 9.95. The zero-order chi connectivity index (χ0) is 15.0. The molecule has 1 unspecified atom stereocenters. The van der Waals surface area contributed by atoms with E-state index >= 15 is 0 Å². The SMILES string of the molecule is CC1SC=C(C(F)(F)F)N1c1ccccc1C1CCCC1. The maximum atomic E-state index is 13.3. The zero-order valence-corrected chi connectivity index (χ0v) is 12.7. The van der Waals surface area contributed by atoms with Crippen LogP contribution in [0.25, 0.3) is 0 Å². The van der Waals surface area contributed by atoms with E-state index in [1.165, 1.54) is 34.9 Å². The summed E-state index contributed by atoms with van der Waals surface area (Å²) in [4.78, 5) is 1.46. The highest BCUT2D eigenvalue weighted by Gasteiger charge is 2.43. The number of hydrogen-bond donors (Lipinski definition) is 0. The van der Waals surface area contributed by atoms with E-state index in [0.29, 0.717) is 5.92 Å². The second-order valence-electron chi connectivity index (χ2n) is 5.65. The molecular weight excluding hydrogens is 295 g/mol. The van der Waals surface area contributed by atoms with Gasteiger partial charge in [-0.1, -0.05) is 31.0 Å². The maximum Gasteiger partial charge on any atom is 0.431 e. The van der Waals surface area contributed by atoms with Crippen LogP contribution < -0.4 is 4.90 Å². The number of anilines is 1. The van der Waals surface area contributed by atoms with Crippen LogP contribution in [0.15, 0.2) is 35.4 Å². The van der Waals surface area contributed by atoms with Gasteiger partial charge in [-0.05, 0) is 37.3 Å². The van der Waals surface area contributed by atoms with Gasteiger partial charge in [-0.15, -0.1) is 11.8 Å². The Morgan fingerprint density at radius 2 is 1.81 bits per heavy atom. The molecule has 1 aromatic carbocycles. The van der Waals surface area contributed by atoms with Gasteiger partial charge in [0, 0.05) is 11.1 Å². The Kier molecular flexibility index (Phi) is 3.95. The smallest absolute Gasteiger partial charge is 0.324 e. The maximum absolute atomic E-state index is 13.3. The molecule has 0 N–H and O–H groups in total. The third-order valence-electron chi connectivity index (χ3n) is 4.28. The molecule has 0 spiro atoms. The molecule has 0 radical (unpaired) electrons. The summed E-state index contributed by atoms with van der Waals surface area (Å²) in [6, 6.07) is 7.59. The molecule has 1 heterocycles. The van der Waals surface area contributed by atoms with Gasteiger partial charge < -0.3 is 4.90 Å². The number of halogens is 3. The van der Waals surface area contributed by atoms with Gasteiger partial charge in [0.15, 0.2) is 0 Å². The number of benzene rings is 1. The number of thioether (sulfide) groups is 1. The molecule has 0 amide bonds. The van der Waals surface area contributed by atoms with Crippen molar-refractivity contribution in [3.05, 3.63) is 40.9 Å². The van der Waals surface area contributed by atoms with Crippen LogP contribution in [0, 0.1) is 0 Å². The molecule has 0 bridgehead atoms. The second-order valence-corrected chi connectivity index (χ2v) is 6.84. The summed E-state index contributed by atoms with van der Waals surface area (Å²) >= 11 is 1.23. The lowest BCUT2D eigenvalue weighted by Gasteiger charge is -2.31. The summed E-state index contributed by atoms with van der Waals surface area (Å²) in [5.41, 5.74) is 1.26. The lowest BCUT2D eigenvalue weighted by molar-refractivity contribution is -0.0929. The minimum absolute atomic E-state index is 0.218. The highest BCUT2D eigenvalue weighted by molar-refractivity contribution is 8.03. The monoisotopic (exact) mass is 313 g/mol. The number of alkyl halides is 3. The summed E-state index contributed by atoms with van der Waals surface area (Å²) in [6.07, 6.45) is 0.200. The fourth-order valence-corrected chi connectivity index (χ4v) is 4.22. The summed E-state index contributed by atoms with van der Waals surface area (Å²) in [5.74, 6) is 0.397. The molecule has 1 atom stereocenters. The molecular formula is C16H18F3NS. The van der Waals surface area contributed by atoms with Gasteiger partial charge in [0.25, 0.3) is 0 Å². The van der Waals surface area contributed by atoms with Crippen LogP contribution in [-0.2, 0) is 0 Å². The topological polar surface area (TPSA) is 3.24 Å². The lowest BCUT2D eigenvalue weighted by Crippen LogP contribution is -2.33. The second kappa shape index (κ2) is 5.59. The first kappa shape index (κ1) is 14.8. The molecule has 1 aromatic rings. The molecule has 1 saturated carbocycles. The van der Waals surface area contributed by atoms with Crippen molar-refractivity contribution in [2.45, 2.75) is 50.1 Å². The Balaban J connectivity index is 2.01. The van der Waals surface area contributed by atoms with Crippen molar-refractivity contribution in [2.24, 2.45) is 0 Å². The number of rotatable bonds is 2. The molecule has 1 fully saturated rings. The van der Waals surface area contributed by atoms with E-state index < -0.39 is 11.9 Å². The normalized spacial score (nSPS) is 23.7. The predicted molar refractivity (Wildman–Crippen MR) is 81.3 cm³/mol. The highest BCUT2D eigenvalue weighted by atomic mass is 32.2. The summed E-state index contributed by atoms with van der Waals surface area (Å²) < 4.78 is 39.8. The van der Waals surface area contributed by atoms with Gasteiger partial charge in [-0.3, -0.25) is 0 Å². The van der Waals surface area contributed by atoms with E-state index in [9.17, 15) is 13.2 Å². The molecule has 21 heavy (non-hydrogen) atoms. The highest BCUT2D eigenvalue weighted by Crippen LogP contribution is 2.47. The molecule has 1 nitrogen and oxygen atoms in total. The van der Waals surface area contributed by atoms with Crippen molar-refractivity contribution < 1.29 is 13.2 Å². The van der Waals surface area contributed by atoms with E-state index in [1.807, 2.05) is 31.2 Å². The Morgan fingerprint density at radius 1 is 1.14 bits per heavy atom. The molecule has 2 aliphatic rings. The molecule has 5 heteroatoms. The third-order valence-corrected chi connectivity index (χ3v) is 5.25. The average Bonchev–Trinajstić information content (AvgIpc) is 3.07. The Morgan fingerprint density at radius 3 is 2.48 bits per heavy atom. The van der Waals surface area contributed by atoms with E-state index in [1.54, 1.807) is 0 Å². The first-order chi connectivity index (χ1) is 9.98. The summed E-state index contributed by atoms with van der Waals surface area (Å²) in [5, 5.41) is 1.03. The number of nitrogens with zero attached hydrogens (tertiary/aromatic N) is 1. The van der Waals surface area contributed by atoms with Crippen molar-refractivity contribution in [3.8, 4) is 0 Å². The first-order valence-electron chi connectivity index (χ1n) is 7.29. The fourth-order valence-electron chi connectivity index (χ4n) is 3.29. The van der Waals surface area contributed by atoms with Gasteiger partial charge in [0.05, 0.1) is 5.37 Å². The van der Waals surface area contributed by atoms with Gasteiger partial charge in [-0.2, -0.15) is 13.2 Å². The molecule has 1 aliphatic carbocycles. The standard InChI is InChI=1S/C16H18F3NS/c1-11-20(15(10-21-11)16(17,18)19)14-9-5-4-8-13(14)12-6-2-3-7-12/h4-5,8-12H,2-3,6-7H2,1H3. The molecule has 0 saturated heterocycles. The Bertz CT molecular complexity index is 547. The van der Waals surface area contributed by atoms with Crippen LogP contribution in [-0.4, -0.2) is 11.6 Å². The molecule has 114 valence electrons. The third kappa shape index (κ3) is 2.80. The van der Waals surface area contributed by atoms with Crippen molar-refractivity contribution in [3.63, 3.8) is 0 Å². The Hall–Kier alpha value is -1.10. The fraction of sp³-hybridized carbons (Fsp3) is 0.500. The van der Waals surface area contributed by atoms with Crippen LogP contribution in [0.2, 0.25) is 0 Å². The quantitative estimate of drug-likeness (QED) is 0.694. The van der Waals surface area contributed by atoms with Gasteiger partial charge >= 0.3 is 6.18 Å². The molecule has 3 rings (SSSR count). The van der Waals surface area contributed by atoms with Crippen LogP contribution in [0.1, 0.15) is 44.1 Å². The number of allylic oxidation sites excluding steroid dienone is 1. The van der Waals surface area contributed by atoms with E-state index in [0.717, 1.165) is 24.1 Å². The van der Waals surface area contributed by atoms with Gasteiger partial charge in [0.1, 0.15) is 5.70 Å². The molecule has 1 aliphatic heterocycles. The van der Waals surface area contributed by atoms with Gasteiger partial charge in [0.2, 0.25) is 0 Å². The van der Waals surface area contributed by atoms with E-state index in [2.05, 4.69) is 0 Å². The Labute approximate surface area is 127 Å². The van der Waals surface area contributed by atoms with Crippen molar-refractivity contribution in [2.75, 3.05) is 4.90 Å². The van der Waals surface area contributed by atoms with Crippen molar-refractivity contribution in [1.82, 2.24) is 0 Å². The largest absolute Gasteiger partial charge is 0.431 e. The van der Waals surface area contributed by atoms with E-state index in [-0.39, 0.29) is 5.37 Å². The number of hydrogen-bond acceptors (Lipinski definition) is 2. The van der Waals surface area contributed by atoms with Crippen LogP contribution in [0.4, 0.5) is 18.9 Å². The zero-order valence-electron chi connectivity index (χ0n) is 11.9. The van der Waals surface area contributed by atoms with Crippen LogP contribution in [0.5, 0.6) is 0 Å². The summed E-state index contributed by atoms with van der Waals surface area (Å²) in [7, 11) is 0. The van der Waals surface area contributed by atoms with E-state index in [4.69, 9.17) is 0 Å². The molecule has 0 aromatic heterocycles. The minimum Gasteiger partial charge on any atom is -0.324 e. The van der Waals surface area contributed by atoms with Crippen LogP contribution >= 0.6 is 11.8 Å².